The van der Waals surface area contributed by atoms with E-state index in [0.29, 0.717) is 24.1 Å². The number of halogens is 2. The molecule has 0 radical (unpaired) electrons. The van der Waals surface area contributed by atoms with Crippen LogP contribution in [0.25, 0.3) is 16.9 Å². The summed E-state index contributed by atoms with van der Waals surface area (Å²) in [4.78, 5) is 10.1. The zero-order valence-electron chi connectivity index (χ0n) is 18.3. The van der Waals surface area contributed by atoms with Crippen molar-refractivity contribution in [3.05, 3.63) is 43.1 Å². The average Bonchev–Trinajstić information content (AvgIpc) is 3.37. The zero-order valence-corrected chi connectivity index (χ0v) is 18.3. The molecule has 0 saturated heterocycles. The highest BCUT2D eigenvalue weighted by Gasteiger charge is 2.61. The Balaban J connectivity index is 1.38. The van der Waals surface area contributed by atoms with Gasteiger partial charge in [0.15, 0.2) is 0 Å². The Morgan fingerprint density at radius 1 is 1.25 bits per heavy atom. The van der Waals surface area contributed by atoms with Gasteiger partial charge in [0, 0.05) is 36.5 Å². The molecule has 0 amide bonds. The first-order valence-electron chi connectivity index (χ1n) is 10.7. The number of benzene rings is 1. The predicted octanol–water partition coefficient (Wildman–Crippen LogP) is 2.91. The van der Waals surface area contributed by atoms with Gasteiger partial charge in [0.2, 0.25) is 5.95 Å². The van der Waals surface area contributed by atoms with Crippen LogP contribution in [0.5, 0.6) is 5.75 Å². The Morgan fingerprint density at radius 3 is 2.72 bits per heavy atom. The monoisotopic (exact) mass is 438 g/mol. The lowest BCUT2D eigenvalue weighted by molar-refractivity contribution is 0.0689. The second kappa shape index (κ2) is 7.25. The van der Waals surface area contributed by atoms with Crippen LogP contribution in [-0.4, -0.2) is 63.1 Å². The molecule has 2 aliphatic carbocycles. The van der Waals surface area contributed by atoms with E-state index in [9.17, 15) is 9.50 Å². The normalized spacial score (nSPS) is 31.6. The quantitative estimate of drug-likeness (QED) is 0.632. The zero-order chi connectivity index (χ0) is 22.7. The number of aromatic nitrogens is 5. The highest BCUT2D eigenvalue weighted by Crippen LogP contribution is 2.63. The SMILES string of the molecule is B[C@]12C[C@@H](N(C)c3ncc(-c4ccc(-n5ccnc5)cc4O)nn3)[C@H](F)[C@](C)(C[C@H]1F)C2. The molecular formula is C22H25BF2N6O. The summed E-state index contributed by atoms with van der Waals surface area (Å²) in [6.07, 6.45) is 5.62. The number of fused-ring (bicyclic) bond motifs is 2. The van der Waals surface area contributed by atoms with E-state index >= 15 is 4.39 Å². The molecule has 2 aromatic heterocycles. The Hall–Kier alpha value is -3.04. The van der Waals surface area contributed by atoms with Crippen molar-refractivity contribution in [1.29, 1.82) is 0 Å². The van der Waals surface area contributed by atoms with Crippen LogP contribution in [0, 0.1) is 5.41 Å². The number of rotatable bonds is 4. The van der Waals surface area contributed by atoms with Crippen molar-refractivity contribution < 1.29 is 13.9 Å². The third-order valence-corrected chi connectivity index (χ3v) is 7.31. The van der Waals surface area contributed by atoms with E-state index < -0.39 is 29.1 Å². The summed E-state index contributed by atoms with van der Waals surface area (Å²) in [6.45, 7) is 1.84. The van der Waals surface area contributed by atoms with Crippen molar-refractivity contribution in [3.8, 4) is 22.7 Å². The van der Waals surface area contributed by atoms with Crippen LogP contribution in [0.15, 0.2) is 43.1 Å². The van der Waals surface area contributed by atoms with E-state index in [-0.39, 0.29) is 18.1 Å². The van der Waals surface area contributed by atoms with Gasteiger partial charge >= 0.3 is 0 Å². The molecular weight excluding hydrogens is 413 g/mol. The average molecular weight is 438 g/mol. The minimum atomic E-state index is -1.18. The fraction of sp³-hybridized carbons (Fsp3) is 0.455. The Labute approximate surface area is 185 Å². The van der Waals surface area contributed by atoms with Crippen LogP contribution in [-0.2, 0) is 0 Å². The van der Waals surface area contributed by atoms with Crippen molar-refractivity contribution in [3.63, 3.8) is 0 Å². The van der Waals surface area contributed by atoms with Crippen molar-refractivity contribution in [1.82, 2.24) is 24.7 Å². The highest BCUT2D eigenvalue weighted by molar-refractivity contribution is 6.16. The topological polar surface area (TPSA) is 80.0 Å². The summed E-state index contributed by atoms with van der Waals surface area (Å²) in [7, 11) is 3.64. The van der Waals surface area contributed by atoms with Gasteiger partial charge in [0.05, 0.1) is 30.4 Å². The third kappa shape index (κ3) is 3.23. The number of imidazole rings is 1. The number of phenols is 1. The first-order chi connectivity index (χ1) is 15.2. The maximum absolute atomic E-state index is 15.4. The molecule has 2 heterocycles. The summed E-state index contributed by atoms with van der Waals surface area (Å²) < 4.78 is 31.9. The largest absolute Gasteiger partial charge is 0.507 e. The van der Waals surface area contributed by atoms with Crippen molar-refractivity contribution >= 4 is 13.8 Å². The molecule has 5 rings (SSSR count). The van der Waals surface area contributed by atoms with Crippen molar-refractivity contribution in [2.75, 3.05) is 11.9 Å². The molecule has 7 nitrogen and oxygen atoms in total. The minimum absolute atomic E-state index is 0.0379. The fourth-order valence-electron chi connectivity index (χ4n) is 5.56. The van der Waals surface area contributed by atoms with Crippen LogP contribution >= 0.6 is 0 Å². The number of nitrogens with zero attached hydrogens (tertiary/aromatic N) is 6. The van der Waals surface area contributed by atoms with E-state index in [1.54, 1.807) is 47.4 Å². The van der Waals surface area contributed by atoms with Crippen LogP contribution < -0.4 is 4.90 Å². The fourth-order valence-corrected chi connectivity index (χ4v) is 5.56. The van der Waals surface area contributed by atoms with Gasteiger partial charge in [-0.15, -0.1) is 10.2 Å². The first kappa shape index (κ1) is 20.8. The lowest BCUT2D eigenvalue weighted by Gasteiger charge is -2.46. The van der Waals surface area contributed by atoms with E-state index in [1.807, 2.05) is 20.8 Å². The molecule has 1 aromatic carbocycles. The molecule has 2 bridgehead atoms. The molecule has 10 heteroatoms. The molecule has 2 saturated carbocycles. The Bertz CT molecular complexity index is 1130. The Morgan fingerprint density at radius 2 is 2.06 bits per heavy atom. The number of phenolic OH excluding ortho intramolecular Hbond substituents is 1. The van der Waals surface area contributed by atoms with E-state index in [0.717, 1.165) is 5.69 Å². The highest BCUT2D eigenvalue weighted by atomic mass is 19.1. The molecule has 2 fully saturated rings. The smallest absolute Gasteiger partial charge is 0.245 e. The molecule has 1 N–H and O–H groups in total. The molecule has 3 aromatic rings. The maximum atomic E-state index is 15.4. The number of hydrogen-bond donors (Lipinski definition) is 1. The van der Waals surface area contributed by atoms with Gasteiger partial charge in [-0.2, -0.15) is 0 Å². The van der Waals surface area contributed by atoms with Crippen LogP contribution in [0.1, 0.15) is 26.2 Å². The van der Waals surface area contributed by atoms with Crippen molar-refractivity contribution in [2.45, 2.75) is 49.9 Å². The van der Waals surface area contributed by atoms with Gasteiger partial charge < -0.3 is 14.6 Å². The molecule has 5 atom stereocenters. The maximum Gasteiger partial charge on any atom is 0.245 e. The summed E-state index contributed by atoms with van der Waals surface area (Å²) in [6, 6.07) is 4.66. The van der Waals surface area contributed by atoms with Gasteiger partial charge in [-0.05, 0) is 36.7 Å². The van der Waals surface area contributed by atoms with E-state index in [1.165, 1.54) is 6.20 Å². The van der Waals surface area contributed by atoms with E-state index in [2.05, 4.69) is 20.2 Å². The second-order valence-electron chi connectivity index (χ2n) is 9.76. The molecule has 166 valence electrons. The standard InChI is InChI=1S/C22H25BF2N6O/c1-21-9-18(24)22(23,11-21)8-16(19(21)25)30(2)20-27-10-15(28-29-20)14-4-3-13(7-17(14)32)31-6-5-26-12-31/h3-7,10,12,16,18-19,32H,8-9,11,23H2,1-2H3/t16-,18-,19+,21-,22+/m1/s1. The second-order valence-corrected chi connectivity index (χ2v) is 9.76. The summed E-state index contributed by atoms with van der Waals surface area (Å²) >= 11 is 0. The van der Waals surface area contributed by atoms with Gasteiger partial charge in [-0.25, -0.2) is 18.7 Å². The summed E-state index contributed by atoms with van der Waals surface area (Å²) in [5.74, 6) is 0.316. The van der Waals surface area contributed by atoms with Gasteiger partial charge in [-0.3, -0.25) is 0 Å². The van der Waals surface area contributed by atoms with Gasteiger partial charge in [0.25, 0.3) is 0 Å². The third-order valence-electron chi connectivity index (χ3n) is 7.31. The van der Waals surface area contributed by atoms with Crippen molar-refractivity contribution in [2.24, 2.45) is 5.41 Å². The van der Waals surface area contributed by atoms with E-state index in [4.69, 9.17) is 0 Å². The molecule has 0 aliphatic heterocycles. The van der Waals surface area contributed by atoms with Crippen LogP contribution in [0.4, 0.5) is 14.7 Å². The molecule has 2 aliphatic rings. The minimum Gasteiger partial charge on any atom is -0.507 e. The summed E-state index contributed by atoms with van der Waals surface area (Å²) in [5.41, 5.74) is 0.971. The summed E-state index contributed by atoms with van der Waals surface area (Å²) in [5, 5.41) is 18.4. The van der Waals surface area contributed by atoms with Gasteiger partial charge in [0.1, 0.15) is 25.5 Å². The number of alkyl halides is 2. The van der Waals surface area contributed by atoms with Gasteiger partial charge in [-0.1, -0.05) is 6.92 Å². The number of anilines is 1. The molecule has 0 spiro atoms. The molecule has 32 heavy (non-hydrogen) atoms. The lowest BCUT2D eigenvalue weighted by Crippen LogP contribution is -2.51. The number of aromatic hydroxyl groups is 1. The Kier molecular flexibility index (Phi) is 4.72. The first-order valence-corrected chi connectivity index (χ1v) is 10.7. The van der Waals surface area contributed by atoms with Crippen LogP contribution in [0.3, 0.4) is 0 Å². The number of hydrogen-bond acceptors (Lipinski definition) is 6. The predicted molar refractivity (Wildman–Crippen MR) is 119 cm³/mol. The lowest BCUT2D eigenvalue weighted by atomic mass is 9.56. The van der Waals surface area contributed by atoms with Crippen LogP contribution in [0.2, 0.25) is 5.31 Å². The molecule has 0 unspecified atom stereocenters.